The first-order chi connectivity index (χ1) is 29.0. The van der Waals surface area contributed by atoms with Gasteiger partial charge in [-0.3, -0.25) is 9.80 Å². The highest BCUT2D eigenvalue weighted by molar-refractivity contribution is 9.11. The van der Waals surface area contributed by atoms with Gasteiger partial charge in [0.15, 0.2) is 0 Å². The molecule has 0 atom stereocenters. The van der Waals surface area contributed by atoms with Gasteiger partial charge in [0.2, 0.25) is 0 Å². The van der Waals surface area contributed by atoms with Crippen molar-refractivity contribution < 1.29 is 37.9 Å². The Morgan fingerprint density at radius 2 is 1.05 bits per heavy atom. The van der Waals surface area contributed by atoms with Gasteiger partial charge in [0.1, 0.15) is 36.1 Å². The number of carbonyl (C=O) groups excluding carboxylic acids is 3. The highest BCUT2D eigenvalue weighted by Gasteiger charge is 2.52. The number of amides is 3. The zero-order chi connectivity index (χ0) is 46.4. The molecule has 3 amide bonds. The summed E-state index contributed by atoms with van der Waals surface area (Å²) in [6.45, 7) is 11.2. The molecule has 14 nitrogen and oxygen atoms in total. The first kappa shape index (κ1) is 53.9. The molecule has 16 radical (unpaired) electrons. The summed E-state index contributed by atoms with van der Waals surface area (Å²) < 4.78 is 28.8. The van der Waals surface area contributed by atoms with Crippen molar-refractivity contribution in [1.82, 2.24) is 20.3 Å². The van der Waals surface area contributed by atoms with Gasteiger partial charge in [0, 0.05) is 133 Å². The van der Waals surface area contributed by atoms with E-state index in [1.54, 1.807) is 30.7 Å². The summed E-state index contributed by atoms with van der Waals surface area (Å²) >= 11 is 9.75. The maximum atomic E-state index is 11.5. The summed E-state index contributed by atoms with van der Waals surface area (Å²) in [5.74, 6) is 1.21. The topological polar surface area (TPSA) is 155 Å². The fraction of sp³-hybridized carbons (Fsp3) is 0.400. The second-order valence-corrected chi connectivity index (χ2v) is 17.4. The maximum Gasteiger partial charge on any atom is 0.496 e. The van der Waals surface area contributed by atoms with Gasteiger partial charge in [-0.15, -0.1) is 0 Å². The Balaban J connectivity index is 0.000000220. The van der Waals surface area contributed by atoms with Crippen LogP contribution in [0.4, 0.5) is 26.0 Å². The second kappa shape index (κ2) is 25.3. The number of ether oxygens (including phenoxy) is 3. The lowest BCUT2D eigenvalue weighted by Gasteiger charge is -2.34. The van der Waals surface area contributed by atoms with Gasteiger partial charge in [0.25, 0.3) is 0 Å². The molecular formula is C30H34B15Br3N6O8. The van der Waals surface area contributed by atoms with Crippen molar-refractivity contribution in [3.63, 3.8) is 0 Å². The van der Waals surface area contributed by atoms with Gasteiger partial charge >= 0.3 is 25.4 Å². The number of alkyl carbamates (subject to hydrolysis) is 1. The Morgan fingerprint density at radius 3 is 1.32 bits per heavy atom. The van der Waals surface area contributed by atoms with Gasteiger partial charge in [0.05, 0.1) is 30.8 Å². The first-order valence-corrected chi connectivity index (χ1v) is 21.5. The number of nitrogens with zero attached hydrogens (tertiary/aromatic N) is 5. The van der Waals surface area contributed by atoms with E-state index >= 15 is 0 Å². The molecule has 0 aromatic carbocycles. The average molecular weight is 1010 g/mol. The molecule has 62 heavy (non-hydrogen) atoms. The lowest BCUT2D eigenvalue weighted by atomic mass is 8.47. The molecule has 4 aliphatic heterocycles. The highest BCUT2D eigenvalue weighted by Crippen LogP contribution is 2.36. The number of cyclic esters (lactones) is 3. The number of hydrogen-bond donors (Lipinski definition) is 1. The van der Waals surface area contributed by atoms with Crippen LogP contribution >= 0.6 is 47.8 Å². The van der Waals surface area contributed by atoms with Crippen LogP contribution in [0.25, 0.3) is 0 Å². The minimum atomic E-state index is -0.760. The van der Waals surface area contributed by atoms with Crippen LogP contribution in [0.5, 0.6) is 0 Å². The van der Waals surface area contributed by atoms with Crippen LogP contribution in [0.2, 0.25) is 0 Å². The Labute approximate surface area is 402 Å². The van der Waals surface area contributed by atoms with Crippen LogP contribution in [0.1, 0.15) is 27.7 Å². The SMILES string of the molecule is Brc1ccc(Br)nc1.CC1(C)OB(c2ccc(N3CCOC3=O)nc2)OC1(C)C.O=C1NCCO1.O=C1OCCN1c1ccc(Br)cn1.[B]B([B])B(B([B])[B])B(B([B])[B])B([B])[B]. The molecule has 3 aromatic heterocycles. The van der Waals surface area contributed by atoms with E-state index in [1.807, 2.05) is 52.0 Å². The van der Waals surface area contributed by atoms with Crippen LogP contribution < -0.4 is 20.6 Å². The predicted molar refractivity (Wildman–Crippen MR) is 269 cm³/mol. The van der Waals surface area contributed by atoms with E-state index in [1.165, 1.54) is 9.80 Å². The van der Waals surface area contributed by atoms with E-state index in [0.717, 1.165) is 19.0 Å². The Morgan fingerprint density at radius 1 is 0.613 bits per heavy atom. The summed E-state index contributed by atoms with van der Waals surface area (Å²) in [6.07, 6.45) is 0.0242. The summed E-state index contributed by atoms with van der Waals surface area (Å²) in [6, 6.07) is 11.1. The summed E-state index contributed by atoms with van der Waals surface area (Å²) in [4.78, 5) is 47.9. The van der Waals surface area contributed by atoms with E-state index in [2.05, 4.69) is 72.8 Å². The van der Waals surface area contributed by atoms with Crippen LogP contribution in [0.3, 0.4) is 0 Å². The average Bonchev–Trinajstić information content (AvgIpc) is 4.01. The van der Waals surface area contributed by atoms with Crippen molar-refractivity contribution in [2.24, 2.45) is 0 Å². The van der Waals surface area contributed by atoms with Crippen LogP contribution in [0, 0.1) is 0 Å². The van der Waals surface area contributed by atoms with Crippen molar-refractivity contribution >= 4 is 190 Å². The minimum absolute atomic E-state index is 0.296. The zero-order valence-electron chi connectivity index (χ0n) is 34.7. The predicted octanol–water partition coefficient (Wildman–Crippen LogP) is 0.140. The van der Waals surface area contributed by atoms with Crippen molar-refractivity contribution in [3.8, 4) is 0 Å². The molecule has 1 N–H and O–H groups in total. The van der Waals surface area contributed by atoms with Crippen LogP contribution in [-0.4, -0.2) is 191 Å². The third kappa shape index (κ3) is 16.5. The molecule has 0 aliphatic carbocycles. The third-order valence-corrected chi connectivity index (χ3v) is 11.0. The summed E-state index contributed by atoms with van der Waals surface area (Å²) in [5.41, 5.74) is 0.0782. The Bertz CT molecular complexity index is 1810. The highest BCUT2D eigenvalue weighted by atomic mass is 79.9. The molecular weight excluding hydrogens is 974 g/mol. The maximum absolute atomic E-state index is 11.5. The molecule has 0 spiro atoms. The molecule has 4 aliphatic rings. The van der Waals surface area contributed by atoms with Gasteiger partial charge in [-0.2, -0.15) is 0 Å². The second-order valence-electron chi connectivity index (χ2n) is 14.7. The van der Waals surface area contributed by atoms with Crippen LogP contribution in [-0.2, 0) is 23.5 Å². The lowest BCUT2D eigenvalue weighted by Crippen LogP contribution is -2.72. The number of aromatic nitrogens is 3. The molecule has 0 bridgehead atoms. The van der Waals surface area contributed by atoms with E-state index in [0.29, 0.717) is 51.1 Å². The Hall–Kier alpha value is -2.41. The fourth-order valence-corrected chi connectivity index (χ4v) is 6.36. The molecule has 7 heterocycles. The van der Waals surface area contributed by atoms with Gasteiger partial charge in [-0.1, -0.05) is 6.07 Å². The monoisotopic (exact) mass is 1010 g/mol. The molecule has 0 saturated carbocycles. The number of hydrogen-bond acceptors (Lipinski definition) is 11. The molecule has 4 fully saturated rings. The van der Waals surface area contributed by atoms with Gasteiger partial charge < -0.3 is 28.8 Å². The van der Waals surface area contributed by atoms with Gasteiger partial charge in [-0.25, -0.2) is 29.3 Å². The number of anilines is 2. The van der Waals surface area contributed by atoms with E-state index < -0.39 is 45.4 Å². The van der Waals surface area contributed by atoms with Crippen molar-refractivity contribution in [2.75, 3.05) is 49.3 Å². The molecule has 4 saturated heterocycles. The third-order valence-electron chi connectivity index (χ3n) is 9.60. The quantitative estimate of drug-likeness (QED) is 0.186. The fourth-order valence-electron chi connectivity index (χ4n) is 5.65. The van der Waals surface area contributed by atoms with E-state index in [4.69, 9.17) is 80.7 Å². The standard InChI is InChI=1S/C14H19BN2O4.C8H7BrN2O2.C5H3Br2N.C3H5NO2.B14/c1-13(2)14(3,4)21-15(20-13)10-5-6-11(16-9-10)17-7-8-19-12(17)18;9-6-1-2-7(10-5-6)11-3-4-13-8(11)12;6-4-1-2-5(7)8-3-4;5-3-4-1-2-6-3;1-9(2)13(10(3)4)14(11(5)6)12(7)8/h5-6,9H,7-8H2,1-4H3;1-2,5H,3-4H2;1-3H;1-2H2,(H,4,5);. The molecule has 32 heteroatoms. The van der Waals surface area contributed by atoms with Crippen LogP contribution in [0.15, 0.2) is 68.5 Å². The largest absolute Gasteiger partial charge is 0.496 e. The zero-order valence-corrected chi connectivity index (χ0v) is 39.5. The van der Waals surface area contributed by atoms with E-state index in [9.17, 15) is 14.4 Å². The molecule has 7 rings (SSSR count). The number of halogens is 3. The smallest absolute Gasteiger partial charge is 0.448 e. The number of pyridine rings is 3. The Kier molecular flexibility index (Phi) is 22.0. The van der Waals surface area contributed by atoms with Crippen molar-refractivity contribution in [3.05, 3.63) is 68.5 Å². The number of carbonyl (C=O) groups is 3. The first-order valence-electron chi connectivity index (χ1n) is 19.1. The summed E-state index contributed by atoms with van der Waals surface area (Å²) in [5, 5.41) is 2.46. The molecule has 3 aromatic rings. The molecule has 0 unspecified atom stereocenters. The van der Waals surface area contributed by atoms with Crippen molar-refractivity contribution in [1.29, 1.82) is 0 Å². The van der Waals surface area contributed by atoms with Gasteiger partial charge in [-0.05, 0) is 106 Å². The summed E-state index contributed by atoms with van der Waals surface area (Å²) in [7, 11) is 43.6. The number of rotatable bonds is 8. The minimum Gasteiger partial charge on any atom is -0.448 e. The molecule has 298 valence electrons. The number of nitrogens with one attached hydrogen (secondary N) is 1. The lowest BCUT2D eigenvalue weighted by molar-refractivity contribution is 0.00578. The van der Waals surface area contributed by atoms with Crippen molar-refractivity contribution in [2.45, 2.75) is 38.9 Å². The van der Waals surface area contributed by atoms with E-state index in [-0.39, 0.29) is 29.5 Å². The normalized spacial score (nSPS) is 16.4.